The number of thiazole rings is 1. The third-order valence-corrected chi connectivity index (χ3v) is 5.42. The summed E-state index contributed by atoms with van der Waals surface area (Å²) in [6, 6.07) is 9.85. The lowest BCUT2D eigenvalue weighted by Crippen LogP contribution is -1.98. The van der Waals surface area contributed by atoms with Crippen molar-refractivity contribution in [3.8, 4) is 22.5 Å². The minimum absolute atomic E-state index is 0.0520. The largest absolute Gasteiger partial charge is 0.327 e. The summed E-state index contributed by atoms with van der Waals surface area (Å²) in [7, 11) is 0. The van der Waals surface area contributed by atoms with Gasteiger partial charge in [-0.2, -0.15) is 0 Å². The van der Waals surface area contributed by atoms with E-state index in [1.807, 2.05) is 18.2 Å². The van der Waals surface area contributed by atoms with Crippen LogP contribution in [0.3, 0.4) is 0 Å². The third kappa shape index (κ3) is 2.21. The maximum atomic E-state index is 14.4. The van der Waals surface area contributed by atoms with Crippen LogP contribution in [-0.4, -0.2) is 14.5 Å². The molecule has 0 amide bonds. The van der Waals surface area contributed by atoms with Gasteiger partial charge in [0.05, 0.1) is 27.0 Å². The highest BCUT2D eigenvalue weighted by Gasteiger charge is 2.26. The monoisotopic (exact) mass is 353 g/mol. The first-order chi connectivity index (χ1) is 12.2. The van der Waals surface area contributed by atoms with Crippen LogP contribution in [0.25, 0.3) is 32.7 Å². The summed E-state index contributed by atoms with van der Waals surface area (Å²) in [6.45, 7) is 0.814. The molecule has 0 unspecified atom stereocenters. The van der Waals surface area contributed by atoms with Crippen LogP contribution in [0.15, 0.2) is 41.9 Å². The number of fused-ring (bicyclic) bond motifs is 2. The molecule has 0 saturated carbocycles. The molecule has 0 atom stereocenters. The van der Waals surface area contributed by atoms with E-state index in [0.717, 1.165) is 46.7 Å². The average molecular weight is 353 g/mol. The molecule has 4 aromatic rings. The Kier molecular flexibility index (Phi) is 3.21. The number of nitrogens with zero attached hydrogens (tertiary/aromatic N) is 3. The van der Waals surface area contributed by atoms with Crippen LogP contribution in [0.1, 0.15) is 12.2 Å². The van der Waals surface area contributed by atoms with Gasteiger partial charge in [0, 0.05) is 18.5 Å². The van der Waals surface area contributed by atoms with Crippen molar-refractivity contribution in [3.63, 3.8) is 0 Å². The summed E-state index contributed by atoms with van der Waals surface area (Å²) in [5.41, 5.74) is 4.75. The zero-order valence-corrected chi connectivity index (χ0v) is 14.0. The number of halogens is 2. The molecular formula is C19H13F2N3S. The van der Waals surface area contributed by atoms with Crippen LogP contribution >= 0.6 is 11.3 Å². The van der Waals surface area contributed by atoms with Gasteiger partial charge in [0.25, 0.3) is 0 Å². The minimum atomic E-state index is -0.586. The number of hydrogen-bond acceptors (Lipinski definition) is 3. The number of rotatable bonds is 2. The maximum absolute atomic E-state index is 14.4. The van der Waals surface area contributed by atoms with Crippen molar-refractivity contribution in [2.45, 2.75) is 19.4 Å². The Bertz CT molecular complexity index is 1090. The Morgan fingerprint density at radius 3 is 2.76 bits per heavy atom. The lowest BCUT2D eigenvalue weighted by molar-refractivity contribution is 0.588. The molecule has 0 fully saturated rings. The van der Waals surface area contributed by atoms with Crippen LogP contribution in [0, 0.1) is 11.6 Å². The van der Waals surface area contributed by atoms with E-state index >= 15 is 0 Å². The van der Waals surface area contributed by atoms with Gasteiger partial charge < -0.3 is 4.57 Å². The second kappa shape index (κ2) is 5.46. The zero-order chi connectivity index (χ0) is 17.0. The van der Waals surface area contributed by atoms with Crippen molar-refractivity contribution >= 4 is 21.6 Å². The summed E-state index contributed by atoms with van der Waals surface area (Å²) < 4.78 is 31.9. The smallest absolute Gasteiger partial charge is 0.135 e. The first kappa shape index (κ1) is 14.7. The molecule has 2 aromatic heterocycles. The maximum Gasteiger partial charge on any atom is 0.135 e. The second-order valence-corrected chi connectivity index (χ2v) is 7.00. The summed E-state index contributed by atoms with van der Waals surface area (Å²) in [4.78, 5) is 8.90. The van der Waals surface area contributed by atoms with Gasteiger partial charge in [-0.05, 0) is 30.7 Å². The molecule has 124 valence electrons. The van der Waals surface area contributed by atoms with E-state index in [1.54, 1.807) is 16.8 Å². The quantitative estimate of drug-likeness (QED) is 0.505. The molecule has 25 heavy (non-hydrogen) atoms. The molecule has 0 bridgehead atoms. The molecule has 0 N–H and O–H groups in total. The van der Waals surface area contributed by atoms with Crippen LogP contribution < -0.4 is 0 Å². The fraction of sp³-hybridized carbons (Fsp3) is 0.158. The third-order valence-electron chi connectivity index (χ3n) is 4.63. The number of hydrogen-bond donors (Lipinski definition) is 0. The van der Waals surface area contributed by atoms with Crippen molar-refractivity contribution in [2.75, 3.05) is 0 Å². The normalized spacial score (nSPS) is 13.5. The lowest BCUT2D eigenvalue weighted by atomic mass is 10.0. The molecule has 5 rings (SSSR count). The summed E-state index contributed by atoms with van der Waals surface area (Å²) in [5, 5.41) is 0. The Morgan fingerprint density at radius 2 is 1.92 bits per heavy atom. The number of aromatic nitrogens is 3. The predicted octanol–water partition coefficient (Wildman–Crippen LogP) is 5.05. The molecule has 3 heterocycles. The van der Waals surface area contributed by atoms with E-state index in [-0.39, 0.29) is 5.56 Å². The highest BCUT2D eigenvalue weighted by molar-refractivity contribution is 7.16. The summed E-state index contributed by atoms with van der Waals surface area (Å²) in [6.07, 6.45) is 1.82. The van der Waals surface area contributed by atoms with Crippen molar-refractivity contribution in [1.29, 1.82) is 0 Å². The SMILES string of the molecule is Fc1cccc(F)c1-c1nc2n(c1-c1ccc3ncsc3c1)CCC2. The average Bonchev–Trinajstić information content (AvgIpc) is 3.29. The zero-order valence-electron chi connectivity index (χ0n) is 13.2. The van der Waals surface area contributed by atoms with Gasteiger partial charge in [-0.1, -0.05) is 12.1 Å². The Morgan fingerprint density at radius 1 is 1.08 bits per heavy atom. The first-order valence-electron chi connectivity index (χ1n) is 8.10. The number of aryl methyl sites for hydroxylation is 1. The van der Waals surface area contributed by atoms with Crippen molar-refractivity contribution in [3.05, 3.63) is 59.4 Å². The Hall–Kier alpha value is -2.60. The first-order valence-corrected chi connectivity index (χ1v) is 8.98. The highest BCUT2D eigenvalue weighted by Crippen LogP contribution is 2.38. The van der Waals surface area contributed by atoms with Gasteiger partial charge in [0.2, 0.25) is 0 Å². The molecule has 2 aromatic carbocycles. The minimum Gasteiger partial charge on any atom is -0.327 e. The van der Waals surface area contributed by atoms with E-state index in [1.165, 1.54) is 18.2 Å². The fourth-order valence-corrected chi connectivity index (χ4v) is 4.24. The number of imidazole rings is 1. The summed E-state index contributed by atoms with van der Waals surface area (Å²) in [5.74, 6) is -0.286. The standard InChI is InChI=1S/C19H13F2N3S/c20-12-3-1-4-13(21)17(12)18-19(24-8-2-5-16(24)23-18)11-6-7-14-15(9-11)25-10-22-14/h1,3-4,6-7,9-10H,2,5,8H2. The Labute approximate surface area is 146 Å². The van der Waals surface area contributed by atoms with Crippen molar-refractivity contribution < 1.29 is 8.78 Å². The van der Waals surface area contributed by atoms with Crippen LogP contribution in [0.4, 0.5) is 8.78 Å². The van der Waals surface area contributed by atoms with E-state index in [9.17, 15) is 8.78 Å². The van der Waals surface area contributed by atoms with Crippen LogP contribution in [-0.2, 0) is 13.0 Å². The summed E-state index contributed by atoms with van der Waals surface area (Å²) >= 11 is 1.55. The molecule has 3 nitrogen and oxygen atoms in total. The molecule has 0 saturated heterocycles. The predicted molar refractivity (Wildman–Crippen MR) is 94.5 cm³/mol. The van der Waals surface area contributed by atoms with Crippen molar-refractivity contribution in [1.82, 2.24) is 14.5 Å². The molecule has 1 aliphatic rings. The van der Waals surface area contributed by atoms with Gasteiger partial charge >= 0.3 is 0 Å². The molecular weight excluding hydrogens is 340 g/mol. The van der Waals surface area contributed by atoms with Gasteiger partial charge in [-0.25, -0.2) is 18.7 Å². The van der Waals surface area contributed by atoms with E-state index in [4.69, 9.17) is 0 Å². The van der Waals surface area contributed by atoms with Crippen LogP contribution in [0.2, 0.25) is 0 Å². The molecule has 0 aliphatic carbocycles. The van der Waals surface area contributed by atoms with Crippen LogP contribution in [0.5, 0.6) is 0 Å². The Balaban J connectivity index is 1.81. The van der Waals surface area contributed by atoms with Gasteiger partial charge in [-0.3, -0.25) is 0 Å². The van der Waals surface area contributed by atoms with E-state index < -0.39 is 11.6 Å². The second-order valence-electron chi connectivity index (χ2n) is 6.11. The van der Waals surface area contributed by atoms with Crippen molar-refractivity contribution in [2.24, 2.45) is 0 Å². The van der Waals surface area contributed by atoms with Gasteiger partial charge in [0.15, 0.2) is 0 Å². The van der Waals surface area contributed by atoms with E-state index in [0.29, 0.717) is 5.69 Å². The van der Waals surface area contributed by atoms with Gasteiger partial charge in [0.1, 0.15) is 23.2 Å². The number of benzene rings is 2. The molecule has 1 aliphatic heterocycles. The van der Waals surface area contributed by atoms with Gasteiger partial charge in [-0.15, -0.1) is 11.3 Å². The van der Waals surface area contributed by atoms with E-state index in [2.05, 4.69) is 14.5 Å². The fourth-order valence-electron chi connectivity index (χ4n) is 3.52. The topological polar surface area (TPSA) is 30.7 Å². The molecule has 6 heteroatoms. The molecule has 0 spiro atoms. The molecule has 0 radical (unpaired) electrons. The highest BCUT2D eigenvalue weighted by atomic mass is 32.1. The lowest BCUT2D eigenvalue weighted by Gasteiger charge is -2.10.